The molecule has 0 aliphatic rings. The average Bonchev–Trinajstić information content (AvgIpc) is 1.82. The Balaban J connectivity index is 3.03. The molecule has 2 heteroatoms. The van der Waals surface area contributed by atoms with Crippen LogP contribution in [0.3, 0.4) is 0 Å². The predicted molar refractivity (Wildman–Crippen MR) is 46.3 cm³/mol. The van der Waals surface area contributed by atoms with Crippen LogP contribution in [0.25, 0.3) is 12.2 Å². The van der Waals surface area contributed by atoms with Crippen molar-refractivity contribution >= 4 is 32.8 Å². The highest BCUT2D eigenvalue weighted by molar-refractivity contribution is 7.69. The second kappa shape index (κ2) is 3.18. The first-order chi connectivity index (χ1) is 4.38. The fourth-order valence-corrected chi connectivity index (χ4v) is 2.78. The fourth-order valence-electron chi connectivity index (χ4n) is 0.648. The van der Waals surface area contributed by atoms with Gasteiger partial charge in [0.15, 0.2) is 0 Å². The molecule has 9 heavy (non-hydrogen) atoms. The Bertz CT molecular complexity index is 264. The zero-order valence-electron chi connectivity index (χ0n) is 5.68. The molecule has 0 aliphatic carbocycles. The smallest absolute Gasteiger partial charge is 0.0514 e. The minimum absolute atomic E-state index is 1.15. The molecule has 0 bridgehead atoms. The minimum Gasteiger partial charge on any atom is -0.0789 e. The van der Waals surface area contributed by atoms with Gasteiger partial charge in [-0.05, 0) is 13.3 Å². The lowest BCUT2D eigenvalue weighted by molar-refractivity contribution is 1.29. The van der Waals surface area contributed by atoms with Crippen molar-refractivity contribution < 1.29 is 0 Å². The van der Waals surface area contributed by atoms with Gasteiger partial charge >= 0.3 is 0 Å². The van der Waals surface area contributed by atoms with E-state index < -0.39 is 0 Å². The zero-order valence-corrected chi connectivity index (χ0v) is 7.31. The SMILES string of the molecule is C/C=c1/ss/c1=C/CC. The van der Waals surface area contributed by atoms with Gasteiger partial charge in [-0.2, -0.15) is 0 Å². The first-order valence-corrected chi connectivity index (χ1v) is 5.24. The Morgan fingerprint density at radius 1 is 1.33 bits per heavy atom. The molecule has 0 atom stereocenters. The lowest BCUT2D eigenvalue weighted by Gasteiger charge is -1.88. The van der Waals surface area contributed by atoms with Gasteiger partial charge in [-0.25, -0.2) is 0 Å². The van der Waals surface area contributed by atoms with Gasteiger partial charge in [-0.15, -0.1) is 0 Å². The summed E-state index contributed by atoms with van der Waals surface area (Å²) in [7, 11) is 3.73. The molecule has 0 N–H and O–H groups in total. The predicted octanol–water partition coefficient (Wildman–Crippen LogP) is 1.80. The molecule has 50 valence electrons. The van der Waals surface area contributed by atoms with Gasteiger partial charge in [0.2, 0.25) is 0 Å². The molecule has 1 rings (SSSR count). The van der Waals surface area contributed by atoms with Gasteiger partial charge in [0.25, 0.3) is 0 Å². The molecule has 0 fully saturated rings. The normalized spacial score (nSPS) is 15.3. The Kier molecular flexibility index (Phi) is 2.49. The van der Waals surface area contributed by atoms with Gasteiger partial charge in [0.1, 0.15) is 0 Å². The molecular formula is C7H10S2. The van der Waals surface area contributed by atoms with Crippen LogP contribution in [0, 0.1) is 0 Å². The van der Waals surface area contributed by atoms with E-state index in [4.69, 9.17) is 0 Å². The van der Waals surface area contributed by atoms with E-state index in [9.17, 15) is 0 Å². The summed E-state index contributed by atoms with van der Waals surface area (Å²) in [5, 5.41) is 0. The maximum Gasteiger partial charge on any atom is 0.0514 e. The lowest BCUT2D eigenvalue weighted by Crippen LogP contribution is -2.21. The maximum absolute atomic E-state index is 2.27. The lowest BCUT2D eigenvalue weighted by atomic mass is 10.4. The molecule has 0 saturated carbocycles. The van der Waals surface area contributed by atoms with Crippen molar-refractivity contribution in [2.75, 3.05) is 0 Å². The van der Waals surface area contributed by atoms with Crippen LogP contribution < -0.4 is 9.06 Å². The van der Waals surface area contributed by atoms with E-state index in [1.54, 1.807) is 0 Å². The van der Waals surface area contributed by atoms with Gasteiger partial charge in [0, 0.05) is 0 Å². The standard InChI is InChI=1S/C7H10S2/c1-3-5-7-6(4-2)8-9-7/h4-5H,3H2,1-2H3/b6-4+,7-5+. The van der Waals surface area contributed by atoms with Gasteiger partial charge in [0.05, 0.1) is 9.06 Å². The Morgan fingerprint density at radius 2 is 2.00 bits per heavy atom. The maximum atomic E-state index is 2.27. The van der Waals surface area contributed by atoms with Crippen molar-refractivity contribution in [3.8, 4) is 0 Å². The molecule has 1 heterocycles. The van der Waals surface area contributed by atoms with Gasteiger partial charge in [-0.1, -0.05) is 39.8 Å². The van der Waals surface area contributed by atoms with Crippen molar-refractivity contribution in [3.05, 3.63) is 9.06 Å². The van der Waals surface area contributed by atoms with Crippen molar-refractivity contribution in [1.29, 1.82) is 0 Å². The first-order valence-electron chi connectivity index (χ1n) is 3.09. The summed E-state index contributed by atoms with van der Waals surface area (Å²) in [5.74, 6) is 0. The van der Waals surface area contributed by atoms with Crippen LogP contribution in [0.2, 0.25) is 0 Å². The second-order valence-corrected chi connectivity index (χ2v) is 4.01. The summed E-state index contributed by atoms with van der Waals surface area (Å²) in [4.78, 5) is 0. The molecule has 0 radical (unpaired) electrons. The molecule has 0 spiro atoms. The van der Waals surface area contributed by atoms with E-state index >= 15 is 0 Å². The third-order valence-corrected chi connectivity index (χ3v) is 3.86. The van der Waals surface area contributed by atoms with E-state index in [2.05, 4.69) is 26.0 Å². The third kappa shape index (κ3) is 1.43. The van der Waals surface area contributed by atoms with E-state index in [0.29, 0.717) is 0 Å². The monoisotopic (exact) mass is 158 g/mol. The highest BCUT2D eigenvalue weighted by atomic mass is 32.9. The van der Waals surface area contributed by atoms with Crippen molar-refractivity contribution in [2.24, 2.45) is 0 Å². The molecule has 0 nitrogen and oxygen atoms in total. The van der Waals surface area contributed by atoms with Crippen molar-refractivity contribution in [3.63, 3.8) is 0 Å². The minimum atomic E-state index is 1.15. The summed E-state index contributed by atoms with van der Waals surface area (Å²) in [6, 6.07) is 0. The average molecular weight is 158 g/mol. The van der Waals surface area contributed by atoms with Crippen molar-refractivity contribution in [2.45, 2.75) is 20.3 Å². The summed E-state index contributed by atoms with van der Waals surface area (Å²) < 4.78 is 2.91. The van der Waals surface area contributed by atoms with Crippen LogP contribution in [0.1, 0.15) is 20.3 Å². The van der Waals surface area contributed by atoms with Crippen LogP contribution in [0.4, 0.5) is 0 Å². The van der Waals surface area contributed by atoms with Crippen molar-refractivity contribution in [1.82, 2.24) is 0 Å². The largest absolute Gasteiger partial charge is 0.0789 e. The molecule has 1 aromatic heterocycles. The van der Waals surface area contributed by atoms with E-state index in [0.717, 1.165) is 6.42 Å². The van der Waals surface area contributed by atoms with Crippen LogP contribution in [-0.4, -0.2) is 0 Å². The third-order valence-electron chi connectivity index (χ3n) is 1.12. The molecule has 0 unspecified atom stereocenters. The molecule has 0 aromatic carbocycles. The summed E-state index contributed by atoms with van der Waals surface area (Å²) in [6.07, 6.45) is 5.60. The highest BCUT2D eigenvalue weighted by Crippen LogP contribution is 1.92. The second-order valence-electron chi connectivity index (χ2n) is 1.80. The molecule has 0 saturated heterocycles. The van der Waals surface area contributed by atoms with Gasteiger partial charge < -0.3 is 0 Å². The summed E-state index contributed by atoms with van der Waals surface area (Å²) in [5.41, 5.74) is 0. The molecule has 0 aliphatic heterocycles. The van der Waals surface area contributed by atoms with E-state index in [1.807, 2.05) is 20.7 Å². The molecular weight excluding hydrogens is 148 g/mol. The topological polar surface area (TPSA) is 0 Å². The number of rotatable bonds is 1. The Hall–Kier alpha value is -0.0800. The number of hydrogen-bond acceptors (Lipinski definition) is 2. The fraction of sp³-hybridized carbons (Fsp3) is 0.429. The summed E-state index contributed by atoms with van der Waals surface area (Å²) in [6.45, 7) is 4.26. The number of hydrogen-bond donors (Lipinski definition) is 0. The Labute approximate surface area is 62.5 Å². The zero-order chi connectivity index (χ0) is 6.69. The Morgan fingerprint density at radius 3 is 2.33 bits per heavy atom. The van der Waals surface area contributed by atoms with Gasteiger partial charge in [-0.3, -0.25) is 0 Å². The molecule has 1 aromatic rings. The van der Waals surface area contributed by atoms with E-state index in [1.165, 1.54) is 9.06 Å². The van der Waals surface area contributed by atoms with Crippen LogP contribution in [0.15, 0.2) is 0 Å². The molecule has 0 amide bonds. The van der Waals surface area contributed by atoms with Crippen LogP contribution >= 0.6 is 20.7 Å². The van der Waals surface area contributed by atoms with Crippen LogP contribution in [-0.2, 0) is 0 Å². The highest BCUT2D eigenvalue weighted by Gasteiger charge is 1.86. The van der Waals surface area contributed by atoms with Crippen LogP contribution in [0.5, 0.6) is 0 Å². The summed E-state index contributed by atoms with van der Waals surface area (Å²) >= 11 is 0. The first kappa shape index (κ1) is 7.03. The van der Waals surface area contributed by atoms with E-state index in [-0.39, 0.29) is 0 Å². The quantitative estimate of drug-likeness (QED) is 0.547.